The second kappa shape index (κ2) is 7.70. The quantitative estimate of drug-likeness (QED) is 0.620. The van der Waals surface area contributed by atoms with Crippen LogP contribution in [0.3, 0.4) is 0 Å². The molecule has 3 aromatic carbocycles. The van der Waals surface area contributed by atoms with Gasteiger partial charge in [-0.3, -0.25) is 0 Å². The maximum absolute atomic E-state index is 5.89. The van der Waals surface area contributed by atoms with E-state index in [1.165, 1.54) is 5.56 Å². The molecule has 0 aliphatic heterocycles. The second-order valence-electron chi connectivity index (χ2n) is 5.24. The van der Waals surface area contributed by atoms with Crippen molar-refractivity contribution in [3.63, 3.8) is 0 Å². The third kappa shape index (κ3) is 4.76. The zero-order valence-electron chi connectivity index (χ0n) is 12.7. The molecule has 0 saturated carbocycles. The molecule has 3 aromatic rings. The summed E-state index contributed by atoms with van der Waals surface area (Å²) in [5.74, 6) is 1.68. The van der Waals surface area contributed by atoms with Crippen LogP contribution in [0, 0.1) is 0 Å². The first-order chi connectivity index (χ1) is 11.3. The van der Waals surface area contributed by atoms with Crippen LogP contribution in [0.2, 0.25) is 5.02 Å². The number of para-hydroxylation sites is 1. The van der Waals surface area contributed by atoms with Crippen molar-refractivity contribution in [3.05, 3.63) is 89.4 Å². The van der Waals surface area contributed by atoms with Crippen LogP contribution in [0.15, 0.2) is 78.9 Å². The van der Waals surface area contributed by atoms with Crippen LogP contribution in [-0.4, -0.2) is 6.54 Å². The van der Waals surface area contributed by atoms with Crippen LogP contribution in [0.5, 0.6) is 11.5 Å². The molecule has 3 rings (SSSR count). The van der Waals surface area contributed by atoms with Crippen molar-refractivity contribution >= 4 is 17.3 Å². The van der Waals surface area contributed by atoms with Crippen molar-refractivity contribution in [1.82, 2.24) is 0 Å². The monoisotopic (exact) mass is 323 g/mol. The summed E-state index contributed by atoms with van der Waals surface area (Å²) in [6.45, 7) is 0.876. The lowest BCUT2D eigenvalue weighted by Gasteiger charge is -2.09. The first kappa shape index (κ1) is 15.4. The van der Waals surface area contributed by atoms with Gasteiger partial charge in [-0.25, -0.2) is 0 Å². The van der Waals surface area contributed by atoms with Crippen molar-refractivity contribution in [3.8, 4) is 11.5 Å². The molecule has 0 aromatic heterocycles. The topological polar surface area (TPSA) is 21.3 Å². The first-order valence-electron chi connectivity index (χ1n) is 7.61. The van der Waals surface area contributed by atoms with Crippen molar-refractivity contribution in [2.75, 3.05) is 11.9 Å². The van der Waals surface area contributed by atoms with E-state index in [9.17, 15) is 0 Å². The zero-order chi connectivity index (χ0) is 15.9. The molecule has 0 bridgehead atoms. The molecule has 0 saturated heterocycles. The Bertz CT molecular complexity index is 724. The Morgan fingerprint density at radius 2 is 1.39 bits per heavy atom. The fraction of sp³-hybridized carbons (Fsp3) is 0.100. The first-order valence-corrected chi connectivity index (χ1v) is 7.99. The Labute approximate surface area is 141 Å². The van der Waals surface area contributed by atoms with Gasteiger partial charge in [-0.1, -0.05) is 41.9 Å². The highest BCUT2D eigenvalue weighted by molar-refractivity contribution is 6.30. The van der Waals surface area contributed by atoms with Crippen molar-refractivity contribution in [2.45, 2.75) is 6.42 Å². The summed E-state index contributed by atoms with van der Waals surface area (Å²) in [6, 6.07) is 25.7. The predicted molar refractivity (Wildman–Crippen MR) is 96.6 cm³/mol. The molecule has 23 heavy (non-hydrogen) atoms. The average molecular weight is 324 g/mol. The summed E-state index contributed by atoms with van der Waals surface area (Å²) in [7, 11) is 0. The number of hydrogen-bond donors (Lipinski definition) is 1. The van der Waals surface area contributed by atoms with Crippen LogP contribution >= 0.6 is 11.6 Å². The Morgan fingerprint density at radius 3 is 2.09 bits per heavy atom. The molecule has 0 spiro atoms. The number of hydrogen-bond acceptors (Lipinski definition) is 2. The smallest absolute Gasteiger partial charge is 0.127 e. The SMILES string of the molecule is Clc1ccc(CCNc2ccc(Oc3ccccc3)cc2)cc1. The molecular formula is C20H18ClNO. The predicted octanol–water partition coefficient (Wildman–Crippen LogP) is 5.79. The van der Waals surface area contributed by atoms with Gasteiger partial charge in [0.05, 0.1) is 0 Å². The fourth-order valence-corrected chi connectivity index (χ4v) is 2.39. The Balaban J connectivity index is 1.50. The highest BCUT2D eigenvalue weighted by atomic mass is 35.5. The lowest BCUT2D eigenvalue weighted by Crippen LogP contribution is -2.04. The fourth-order valence-electron chi connectivity index (χ4n) is 2.27. The third-order valence-corrected chi connectivity index (χ3v) is 3.74. The summed E-state index contributed by atoms with van der Waals surface area (Å²) >= 11 is 5.89. The molecule has 0 amide bonds. The van der Waals surface area contributed by atoms with Crippen LogP contribution in [0.1, 0.15) is 5.56 Å². The van der Waals surface area contributed by atoms with Crippen molar-refractivity contribution in [2.24, 2.45) is 0 Å². The number of benzene rings is 3. The summed E-state index contributed by atoms with van der Waals surface area (Å²) in [5, 5.41) is 4.18. The van der Waals surface area contributed by atoms with Crippen LogP contribution < -0.4 is 10.1 Å². The lowest BCUT2D eigenvalue weighted by molar-refractivity contribution is 0.483. The van der Waals surface area contributed by atoms with Crippen molar-refractivity contribution < 1.29 is 4.74 Å². The Hall–Kier alpha value is -2.45. The van der Waals surface area contributed by atoms with E-state index in [0.717, 1.165) is 35.2 Å². The molecule has 2 nitrogen and oxygen atoms in total. The highest BCUT2D eigenvalue weighted by Crippen LogP contribution is 2.22. The molecule has 0 aliphatic carbocycles. The second-order valence-corrected chi connectivity index (χ2v) is 5.68. The van der Waals surface area contributed by atoms with Gasteiger partial charge < -0.3 is 10.1 Å². The number of nitrogens with one attached hydrogen (secondary N) is 1. The largest absolute Gasteiger partial charge is 0.457 e. The van der Waals surface area contributed by atoms with Gasteiger partial charge in [0.25, 0.3) is 0 Å². The zero-order valence-corrected chi connectivity index (χ0v) is 13.5. The van der Waals surface area contributed by atoms with E-state index in [1.54, 1.807) is 0 Å². The van der Waals surface area contributed by atoms with Crippen LogP contribution in [-0.2, 0) is 6.42 Å². The van der Waals surface area contributed by atoms with E-state index >= 15 is 0 Å². The van der Waals surface area contributed by atoms with E-state index in [4.69, 9.17) is 16.3 Å². The van der Waals surface area contributed by atoms with Gasteiger partial charge in [0.15, 0.2) is 0 Å². The summed E-state index contributed by atoms with van der Waals surface area (Å²) in [6.07, 6.45) is 0.958. The van der Waals surface area contributed by atoms with Crippen molar-refractivity contribution in [1.29, 1.82) is 0 Å². The normalized spacial score (nSPS) is 10.3. The van der Waals surface area contributed by atoms with E-state index < -0.39 is 0 Å². The van der Waals surface area contributed by atoms with Gasteiger partial charge in [-0.05, 0) is 60.5 Å². The standard InChI is InChI=1S/C20H18ClNO/c21-17-8-6-16(7-9-17)14-15-22-18-10-12-20(13-11-18)23-19-4-2-1-3-5-19/h1-13,22H,14-15H2. The van der Waals surface area contributed by atoms with E-state index in [-0.39, 0.29) is 0 Å². The molecule has 0 aliphatic rings. The molecule has 0 unspecified atom stereocenters. The number of halogens is 1. The molecule has 0 atom stereocenters. The van der Waals surface area contributed by atoms with E-state index in [0.29, 0.717) is 0 Å². The molecule has 0 radical (unpaired) electrons. The maximum Gasteiger partial charge on any atom is 0.127 e. The van der Waals surface area contributed by atoms with Gasteiger partial charge in [-0.15, -0.1) is 0 Å². The maximum atomic E-state index is 5.89. The van der Waals surface area contributed by atoms with Gasteiger partial charge >= 0.3 is 0 Å². The summed E-state index contributed by atoms with van der Waals surface area (Å²) in [5.41, 5.74) is 2.35. The van der Waals surface area contributed by atoms with Gasteiger partial charge in [-0.2, -0.15) is 0 Å². The molecule has 0 heterocycles. The van der Waals surface area contributed by atoms with Crippen LogP contribution in [0.25, 0.3) is 0 Å². The van der Waals surface area contributed by atoms with E-state index in [2.05, 4.69) is 17.4 Å². The number of rotatable bonds is 6. The number of anilines is 1. The summed E-state index contributed by atoms with van der Waals surface area (Å²) in [4.78, 5) is 0. The summed E-state index contributed by atoms with van der Waals surface area (Å²) < 4.78 is 5.78. The molecule has 0 fully saturated rings. The average Bonchev–Trinajstić information content (AvgIpc) is 2.59. The minimum Gasteiger partial charge on any atom is -0.457 e. The third-order valence-electron chi connectivity index (χ3n) is 3.49. The van der Waals surface area contributed by atoms with Gasteiger partial charge in [0.2, 0.25) is 0 Å². The minimum absolute atomic E-state index is 0.774. The molecule has 3 heteroatoms. The van der Waals surface area contributed by atoms with Crippen LogP contribution in [0.4, 0.5) is 5.69 Å². The lowest BCUT2D eigenvalue weighted by atomic mass is 10.1. The van der Waals surface area contributed by atoms with Gasteiger partial charge in [0, 0.05) is 17.3 Å². The molecule has 1 N–H and O–H groups in total. The Kier molecular flexibility index (Phi) is 5.17. The highest BCUT2D eigenvalue weighted by Gasteiger charge is 1.98. The Morgan fingerprint density at radius 1 is 0.739 bits per heavy atom. The molecular weight excluding hydrogens is 306 g/mol. The molecule has 116 valence electrons. The van der Waals surface area contributed by atoms with E-state index in [1.807, 2.05) is 66.7 Å². The van der Waals surface area contributed by atoms with Gasteiger partial charge in [0.1, 0.15) is 11.5 Å². The number of ether oxygens (including phenoxy) is 1. The minimum atomic E-state index is 0.774.